The van der Waals surface area contributed by atoms with Crippen LogP contribution in [-0.2, 0) is 11.3 Å². The molecule has 1 aromatic heterocycles. The van der Waals surface area contributed by atoms with Gasteiger partial charge < -0.3 is 10.5 Å². The molecule has 3 nitrogen and oxygen atoms in total. The van der Waals surface area contributed by atoms with Crippen LogP contribution in [0, 0.1) is 0 Å². The van der Waals surface area contributed by atoms with Gasteiger partial charge in [0, 0.05) is 29.4 Å². The Morgan fingerprint density at radius 3 is 3.00 bits per heavy atom. The first-order chi connectivity index (χ1) is 7.83. The number of nitrogens with zero attached hydrogens (tertiary/aromatic N) is 1. The maximum Gasteiger partial charge on any atom is 0.0777 e. The van der Waals surface area contributed by atoms with E-state index in [1.807, 2.05) is 24.3 Å². The van der Waals surface area contributed by atoms with Gasteiger partial charge in [-0.1, -0.05) is 13.0 Å². The molecule has 0 aliphatic carbocycles. The summed E-state index contributed by atoms with van der Waals surface area (Å²) in [4.78, 5) is 4.36. The van der Waals surface area contributed by atoms with Crippen LogP contribution >= 0.6 is 0 Å². The molecule has 0 saturated carbocycles. The van der Waals surface area contributed by atoms with Crippen LogP contribution in [-0.4, -0.2) is 11.6 Å². The lowest BCUT2D eigenvalue weighted by molar-refractivity contribution is 0.122. The maximum atomic E-state index is 5.90. The van der Waals surface area contributed by atoms with Crippen LogP contribution in [0.3, 0.4) is 0 Å². The lowest BCUT2D eigenvalue weighted by Gasteiger charge is -2.08. The Balaban J connectivity index is 2.35. The number of nitrogens with two attached hydrogens (primary N) is 1. The number of hydrogen-bond acceptors (Lipinski definition) is 3. The molecule has 0 fully saturated rings. The second-order valence-corrected chi connectivity index (χ2v) is 3.77. The molecule has 84 valence electrons. The molecular formula is C13H16N2O. The van der Waals surface area contributed by atoms with Crippen LogP contribution in [0.15, 0.2) is 30.5 Å². The summed E-state index contributed by atoms with van der Waals surface area (Å²) in [7, 11) is 0. The van der Waals surface area contributed by atoms with Gasteiger partial charge in [-0.05, 0) is 24.6 Å². The van der Waals surface area contributed by atoms with Gasteiger partial charge in [0.25, 0.3) is 0 Å². The van der Waals surface area contributed by atoms with E-state index in [0.29, 0.717) is 6.61 Å². The molecule has 0 radical (unpaired) electrons. The molecular weight excluding hydrogens is 200 g/mol. The van der Waals surface area contributed by atoms with Crippen molar-refractivity contribution < 1.29 is 4.74 Å². The summed E-state index contributed by atoms with van der Waals surface area (Å²) in [6.07, 6.45) is 2.81. The first-order valence-electron chi connectivity index (χ1n) is 5.52. The first-order valence-corrected chi connectivity index (χ1v) is 5.52. The van der Waals surface area contributed by atoms with Gasteiger partial charge in [-0.3, -0.25) is 4.98 Å². The van der Waals surface area contributed by atoms with Crippen LogP contribution in [0.2, 0.25) is 0 Å². The second-order valence-electron chi connectivity index (χ2n) is 3.77. The third-order valence-corrected chi connectivity index (χ3v) is 2.49. The number of pyridine rings is 1. The van der Waals surface area contributed by atoms with Crippen molar-refractivity contribution in [2.45, 2.75) is 20.0 Å². The van der Waals surface area contributed by atoms with Crippen molar-refractivity contribution in [2.75, 3.05) is 12.3 Å². The zero-order valence-corrected chi connectivity index (χ0v) is 9.44. The van der Waals surface area contributed by atoms with Crippen molar-refractivity contribution in [2.24, 2.45) is 0 Å². The number of nitrogen functional groups attached to an aromatic ring is 1. The largest absolute Gasteiger partial charge is 0.398 e. The van der Waals surface area contributed by atoms with E-state index in [9.17, 15) is 0 Å². The Bertz CT molecular complexity index is 482. The van der Waals surface area contributed by atoms with Crippen molar-refractivity contribution in [3.63, 3.8) is 0 Å². The number of anilines is 1. The van der Waals surface area contributed by atoms with Crippen molar-refractivity contribution >= 4 is 16.6 Å². The van der Waals surface area contributed by atoms with Gasteiger partial charge in [0.1, 0.15) is 0 Å². The summed E-state index contributed by atoms with van der Waals surface area (Å²) >= 11 is 0. The first kappa shape index (κ1) is 10.9. The van der Waals surface area contributed by atoms with Crippen molar-refractivity contribution in [3.05, 3.63) is 36.0 Å². The monoisotopic (exact) mass is 216 g/mol. The lowest BCUT2D eigenvalue weighted by Crippen LogP contribution is -1.98. The highest BCUT2D eigenvalue weighted by Gasteiger charge is 2.04. The van der Waals surface area contributed by atoms with Crippen molar-refractivity contribution in [1.29, 1.82) is 0 Å². The number of benzene rings is 1. The average molecular weight is 216 g/mol. The smallest absolute Gasteiger partial charge is 0.0777 e. The Hall–Kier alpha value is -1.61. The minimum atomic E-state index is 0.599. The Morgan fingerprint density at radius 1 is 1.31 bits per heavy atom. The van der Waals surface area contributed by atoms with Crippen molar-refractivity contribution in [1.82, 2.24) is 4.98 Å². The third kappa shape index (κ3) is 2.14. The molecule has 0 bridgehead atoms. The molecule has 0 unspecified atom stereocenters. The fourth-order valence-corrected chi connectivity index (χ4v) is 1.70. The highest BCUT2D eigenvalue weighted by atomic mass is 16.5. The number of fused-ring (bicyclic) bond motifs is 1. The molecule has 1 aromatic carbocycles. The number of ether oxygens (including phenoxy) is 1. The predicted molar refractivity (Wildman–Crippen MR) is 66.1 cm³/mol. The van der Waals surface area contributed by atoms with E-state index in [2.05, 4.69) is 11.9 Å². The lowest BCUT2D eigenvalue weighted by atomic mass is 10.1. The fraction of sp³-hybridized carbons (Fsp3) is 0.308. The molecule has 0 aliphatic rings. The molecule has 0 atom stereocenters. The van der Waals surface area contributed by atoms with Gasteiger partial charge in [-0.2, -0.15) is 0 Å². The second kappa shape index (κ2) is 4.94. The van der Waals surface area contributed by atoms with Crippen LogP contribution in [0.4, 0.5) is 5.69 Å². The molecule has 2 rings (SSSR count). The van der Waals surface area contributed by atoms with Crippen molar-refractivity contribution in [3.8, 4) is 0 Å². The SMILES string of the molecule is CCCOCc1ccc(N)c2cccnc12. The van der Waals surface area contributed by atoms with E-state index in [0.717, 1.165) is 35.2 Å². The summed E-state index contributed by atoms with van der Waals surface area (Å²) in [5, 5.41) is 1.00. The number of hydrogen-bond donors (Lipinski definition) is 1. The maximum absolute atomic E-state index is 5.90. The van der Waals surface area contributed by atoms with Gasteiger partial charge in [-0.15, -0.1) is 0 Å². The van der Waals surface area contributed by atoms with Crippen LogP contribution < -0.4 is 5.73 Å². The third-order valence-electron chi connectivity index (χ3n) is 2.49. The molecule has 3 heteroatoms. The minimum Gasteiger partial charge on any atom is -0.398 e. The summed E-state index contributed by atoms with van der Waals surface area (Å²) in [5.41, 5.74) is 8.70. The van der Waals surface area contributed by atoms with Gasteiger partial charge >= 0.3 is 0 Å². The predicted octanol–water partition coefficient (Wildman–Crippen LogP) is 2.74. The standard InChI is InChI=1S/C13H16N2O/c1-2-8-16-9-10-5-6-12(14)11-4-3-7-15-13(10)11/h3-7H,2,8-9,14H2,1H3. The quantitative estimate of drug-likeness (QED) is 0.631. The molecule has 0 amide bonds. The van der Waals surface area contributed by atoms with E-state index in [1.165, 1.54) is 0 Å². The van der Waals surface area contributed by atoms with E-state index in [-0.39, 0.29) is 0 Å². The Morgan fingerprint density at radius 2 is 2.19 bits per heavy atom. The van der Waals surface area contributed by atoms with E-state index in [1.54, 1.807) is 6.20 Å². The summed E-state index contributed by atoms with van der Waals surface area (Å²) in [6.45, 7) is 3.47. The van der Waals surface area contributed by atoms with Crippen LogP contribution in [0.5, 0.6) is 0 Å². The molecule has 0 saturated heterocycles. The molecule has 0 aliphatic heterocycles. The van der Waals surface area contributed by atoms with Gasteiger partial charge in [0.2, 0.25) is 0 Å². The van der Waals surface area contributed by atoms with Gasteiger partial charge in [-0.25, -0.2) is 0 Å². The highest BCUT2D eigenvalue weighted by molar-refractivity contribution is 5.92. The summed E-state index contributed by atoms with van der Waals surface area (Å²) in [6, 6.07) is 7.78. The molecule has 0 spiro atoms. The topological polar surface area (TPSA) is 48.1 Å². The average Bonchev–Trinajstić information content (AvgIpc) is 2.33. The van der Waals surface area contributed by atoms with Crippen LogP contribution in [0.25, 0.3) is 10.9 Å². The summed E-state index contributed by atoms with van der Waals surface area (Å²) in [5.74, 6) is 0. The fourth-order valence-electron chi connectivity index (χ4n) is 1.70. The Labute approximate surface area is 95.2 Å². The molecule has 2 N–H and O–H groups in total. The summed E-state index contributed by atoms with van der Waals surface area (Å²) < 4.78 is 5.54. The molecule has 2 aromatic rings. The van der Waals surface area contributed by atoms with E-state index in [4.69, 9.17) is 10.5 Å². The van der Waals surface area contributed by atoms with E-state index >= 15 is 0 Å². The minimum absolute atomic E-state index is 0.599. The number of rotatable bonds is 4. The zero-order chi connectivity index (χ0) is 11.4. The van der Waals surface area contributed by atoms with E-state index < -0.39 is 0 Å². The van der Waals surface area contributed by atoms with Gasteiger partial charge in [0.05, 0.1) is 12.1 Å². The number of aromatic nitrogens is 1. The van der Waals surface area contributed by atoms with Crippen LogP contribution in [0.1, 0.15) is 18.9 Å². The molecule has 1 heterocycles. The highest BCUT2D eigenvalue weighted by Crippen LogP contribution is 2.22. The zero-order valence-electron chi connectivity index (χ0n) is 9.44. The van der Waals surface area contributed by atoms with Gasteiger partial charge in [0.15, 0.2) is 0 Å². The Kier molecular flexibility index (Phi) is 3.37. The molecule has 16 heavy (non-hydrogen) atoms. The normalized spacial score (nSPS) is 10.8.